The Balaban J connectivity index is 1.95. The van der Waals surface area contributed by atoms with Crippen molar-refractivity contribution in [1.82, 2.24) is 0 Å². The van der Waals surface area contributed by atoms with Gasteiger partial charge in [-0.3, -0.25) is 9.59 Å². The molecular weight excluding hydrogens is 316 g/mol. The van der Waals surface area contributed by atoms with E-state index in [0.717, 1.165) is 16.9 Å². The van der Waals surface area contributed by atoms with Crippen LogP contribution in [0.1, 0.15) is 17.5 Å². The van der Waals surface area contributed by atoms with Gasteiger partial charge < -0.3 is 10.1 Å². The zero-order chi connectivity index (χ0) is 18.2. The van der Waals surface area contributed by atoms with Crippen LogP contribution in [0.3, 0.4) is 0 Å². The molecule has 128 valence electrons. The topological polar surface area (TPSA) is 79.2 Å². The number of carbonyl (C=O) groups excluding carboxylic acids is 2. The maximum Gasteiger partial charge on any atom is 0.249 e. The number of nitrogens with one attached hydrogen (secondary N) is 1. The molecule has 5 nitrogen and oxygen atoms in total. The summed E-state index contributed by atoms with van der Waals surface area (Å²) in [5, 5.41) is 11.8. The molecule has 1 amide bonds. The number of Topliss-reactive ketones (excluding diaryl/α,β-unsaturated/α-hetero) is 1. The van der Waals surface area contributed by atoms with Crippen LogP contribution < -0.4 is 10.1 Å². The van der Waals surface area contributed by atoms with Crippen molar-refractivity contribution in [2.24, 2.45) is 5.92 Å². The van der Waals surface area contributed by atoms with Crippen molar-refractivity contribution in [3.8, 4) is 11.8 Å². The molecule has 0 saturated heterocycles. The standard InChI is InChI=1S/C20H20N2O3/c1-14-4-3-5-16(12-14)22-20(24)18(13-21)19(23)11-8-15-6-9-17(25-2)10-7-15/h3-7,9-10,12,18H,8,11H2,1-2H3,(H,22,24)/t18-/m0/s1. The molecule has 0 saturated carbocycles. The van der Waals surface area contributed by atoms with E-state index >= 15 is 0 Å². The smallest absolute Gasteiger partial charge is 0.249 e. The Morgan fingerprint density at radius 3 is 2.52 bits per heavy atom. The maximum atomic E-state index is 12.3. The normalized spacial score (nSPS) is 11.2. The fraction of sp³-hybridized carbons (Fsp3) is 0.250. The quantitative estimate of drug-likeness (QED) is 0.787. The van der Waals surface area contributed by atoms with Gasteiger partial charge in [-0.1, -0.05) is 24.3 Å². The van der Waals surface area contributed by atoms with Crippen LogP contribution in [0.5, 0.6) is 5.75 Å². The van der Waals surface area contributed by atoms with Gasteiger partial charge in [0, 0.05) is 12.1 Å². The summed E-state index contributed by atoms with van der Waals surface area (Å²) in [5.41, 5.74) is 2.51. The largest absolute Gasteiger partial charge is 0.497 e. The number of anilines is 1. The number of hydrogen-bond donors (Lipinski definition) is 1. The Labute approximate surface area is 147 Å². The third kappa shape index (κ3) is 5.18. The summed E-state index contributed by atoms with van der Waals surface area (Å²) in [6, 6.07) is 16.4. The van der Waals surface area contributed by atoms with E-state index in [2.05, 4.69) is 5.32 Å². The van der Waals surface area contributed by atoms with Crippen molar-refractivity contribution in [2.45, 2.75) is 19.8 Å². The Bertz CT molecular complexity index is 791. The molecule has 0 heterocycles. The molecule has 0 fully saturated rings. The third-order valence-corrected chi connectivity index (χ3v) is 3.82. The highest BCUT2D eigenvalue weighted by atomic mass is 16.5. The number of amides is 1. The van der Waals surface area contributed by atoms with Crippen LogP contribution in [0.4, 0.5) is 5.69 Å². The molecule has 0 unspecified atom stereocenters. The number of methoxy groups -OCH3 is 1. The zero-order valence-corrected chi connectivity index (χ0v) is 14.3. The fourth-order valence-electron chi connectivity index (χ4n) is 2.42. The first-order valence-corrected chi connectivity index (χ1v) is 7.96. The van der Waals surface area contributed by atoms with E-state index in [1.165, 1.54) is 0 Å². The number of nitriles is 1. The van der Waals surface area contributed by atoms with Crippen LogP contribution in [0.2, 0.25) is 0 Å². The number of hydrogen-bond acceptors (Lipinski definition) is 4. The number of nitrogens with zero attached hydrogens (tertiary/aromatic N) is 1. The Hall–Kier alpha value is -3.13. The van der Waals surface area contributed by atoms with Gasteiger partial charge in [0.05, 0.1) is 13.2 Å². The van der Waals surface area contributed by atoms with Gasteiger partial charge in [-0.25, -0.2) is 0 Å². The summed E-state index contributed by atoms with van der Waals surface area (Å²) >= 11 is 0. The van der Waals surface area contributed by atoms with Crippen molar-refractivity contribution in [3.05, 3.63) is 59.7 Å². The number of ketones is 1. The second-order valence-electron chi connectivity index (χ2n) is 5.74. The van der Waals surface area contributed by atoms with Gasteiger partial charge in [0.15, 0.2) is 11.7 Å². The molecule has 0 aliphatic heterocycles. The number of aryl methyl sites for hydroxylation is 2. The zero-order valence-electron chi connectivity index (χ0n) is 14.3. The monoisotopic (exact) mass is 336 g/mol. The average Bonchev–Trinajstić information content (AvgIpc) is 2.61. The highest BCUT2D eigenvalue weighted by Crippen LogP contribution is 2.15. The van der Waals surface area contributed by atoms with Gasteiger partial charge in [0.25, 0.3) is 0 Å². The first-order valence-electron chi connectivity index (χ1n) is 7.96. The number of benzene rings is 2. The predicted octanol–water partition coefficient (Wildman–Crippen LogP) is 3.28. The second-order valence-corrected chi connectivity index (χ2v) is 5.74. The van der Waals surface area contributed by atoms with Crippen LogP contribution >= 0.6 is 0 Å². The minimum atomic E-state index is -1.31. The molecule has 2 aromatic rings. The molecule has 25 heavy (non-hydrogen) atoms. The number of ether oxygens (including phenoxy) is 1. The van der Waals surface area contributed by atoms with E-state index in [1.54, 1.807) is 25.3 Å². The van der Waals surface area contributed by atoms with Crippen LogP contribution in [-0.4, -0.2) is 18.8 Å². The lowest BCUT2D eigenvalue weighted by Crippen LogP contribution is -2.28. The highest BCUT2D eigenvalue weighted by molar-refractivity contribution is 6.09. The molecule has 1 N–H and O–H groups in total. The summed E-state index contributed by atoms with van der Waals surface area (Å²) in [6.07, 6.45) is 0.602. The first-order chi connectivity index (χ1) is 12.0. The Morgan fingerprint density at radius 2 is 1.92 bits per heavy atom. The Kier molecular flexibility index (Phi) is 6.30. The molecule has 2 aromatic carbocycles. The predicted molar refractivity (Wildman–Crippen MR) is 95.2 cm³/mol. The van der Waals surface area contributed by atoms with Crippen LogP contribution in [-0.2, 0) is 16.0 Å². The molecule has 1 atom stereocenters. The number of carbonyl (C=O) groups is 2. The molecule has 2 rings (SSSR count). The SMILES string of the molecule is COc1ccc(CCC(=O)[C@H](C#N)C(=O)Nc2cccc(C)c2)cc1. The van der Waals surface area contributed by atoms with Crippen LogP contribution in [0.15, 0.2) is 48.5 Å². The van der Waals surface area contributed by atoms with E-state index in [1.807, 2.05) is 43.3 Å². The van der Waals surface area contributed by atoms with Crippen molar-refractivity contribution in [3.63, 3.8) is 0 Å². The van der Waals surface area contributed by atoms with Gasteiger partial charge in [-0.2, -0.15) is 5.26 Å². The summed E-state index contributed by atoms with van der Waals surface area (Å²) in [5.74, 6) is -1.54. The van der Waals surface area contributed by atoms with Crippen molar-refractivity contribution >= 4 is 17.4 Å². The lowest BCUT2D eigenvalue weighted by Gasteiger charge is -2.10. The molecule has 0 spiro atoms. The summed E-state index contributed by atoms with van der Waals surface area (Å²) in [6.45, 7) is 1.90. The minimum Gasteiger partial charge on any atom is -0.497 e. The highest BCUT2D eigenvalue weighted by Gasteiger charge is 2.26. The van der Waals surface area contributed by atoms with Crippen LogP contribution in [0, 0.1) is 24.2 Å². The Morgan fingerprint density at radius 1 is 1.20 bits per heavy atom. The van der Waals surface area contributed by atoms with Gasteiger partial charge in [0.2, 0.25) is 5.91 Å². The average molecular weight is 336 g/mol. The van der Waals surface area contributed by atoms with Crippen LogP contribution in [0.25, 0.3) is 0 Å². The van der Waals surface area contributed by atoms with Crippen molar-refractivity contribution in [2.75, 3.05) is 12.4 Å². The van der Waals surface area contributed by atoms with Crippen molar-refractivity contribution in [1.29, 1.82) is 5.26 Å². The van der Waals surface area contributed by atoms with E-state index in [-0.39, 0.29) is 12.2 Å². The molecule has 0 aliphatic carbocycles. The van der Waals surface area contributed by atoms with E-state index in [9.17, 15) is 14.9 Å². The van der Waals surface area contributed by atoms with E-state index in [4.69, 9.17) is 4.74 Å². The fourth-order valence-corrected chi connectivity index (χ4v) is 2.42. The molecular formula is C20H20N2O3. The van der Waals surface area contributed by atoms with Gasteiger partial charge in [-0.05, 0) is 48.7 Å². The summed E-state index contributed by atoms with van der Waals surface area (Å²) in [7, 11) is 1.59. The summed E-state index contributed by atoms with van der Waals surface area (Å²) < 4.78 is 5.08. The van der Waals surface area contributed by atoms with Gasteiger partial charge in [0.1, 0.15) is 5.75 Å². The van der Waals surface area contributed by atoms with Gasteiger partial charge >= 0.3 is 0 Å². The lowest BCUT2D eigenvalue weighted by molar-refractivity contribution is -0.128. The van der Waals surface area contributed by atoms with Crippen molar-refractivity contribution < 1.29 is 14.3 Å². The lowest BCUT2D eigenvalue weighted by atomic mass is 9.98. The number of rotatable bonds is 7. The second kappa shape index (κ2) is 8.65. The minimum absolute atomic E-state index is 0.131. The molecule has 0 aromatic heterocycles. The molecule has 0 bridgehead atoms. The summed E-state index contributed by atoms with van der Waals surface area (Å²) in [4.78, 5) is 24.5. The molecule has 0 radical (unpaired) electrons. The van der Waals surface area contributed by atoms with E-state index in [0.29, 0.717) is 12.1 Å². The molecule has 0 aliphatic rings. The maximum absolute atomic E-state index is 12.3. The molecule has 5 heteroatoms. The third-order valence-electron chi connectivity index (χ3n) is 3.82. The van der Waals surface area contributed by atoms with E-state index < -0.39 is 11.8 Å². The first kappa shape index (κ1) is 18.2. The van der Waals surface area contributed by atoms with Gasteiger partial charge in [-0.15, -0.1) is 0 Å².